The second-order valence-electron chi connectivity index (χ2n) is 15.6. The molecule has 4 aromatic carbocycles. The number of allylic oxidation sites excluding steroid dienone is 3. The lowest BCUT2D eigenvalue weighted by atomic mass is 9.56. The van der Waals surface area contributed by atoms with Crippen molar-refractivity contribution in [3.8, 4) is 11.5 Å². The third kappa shape index (κ3) is 5.82. The summed E-state index contributed by atoms with van der Waals surface area (Å²) in [5.74, 6) is -21.5. The van der Waals surface area contributed by atoms with Gasteiger partial charge in [0.25, 0.3) is 11.8 Å². The number of benzene rings is 4. The summed E-state index contributed by atoms with van der Waals surface area (Å²) >= 11 is 14.5. The van der Waals surface area contributed by atoms with Crippen molar-refractivity contribution in [3.63, 3.8) is 0 Å². The molecule has 2 saturated heterocycles. The molecule has 2 aliphatic carbocycles. The van der Waals surface area contributed by atoms with E-state index in [-0.39, 0.29) is 40.3 Å². The van der Waals surface area contributed by atoms with Crippen molar-refractivity contribution in [1.29, 1.82) is 0 Å². The van der Waals surface area contributed by atoms with Gasteiger partial charge in [-0.2, -0.15) is 10.2 Å². The first-order valence-electron chi connectivity index (χ1n) is 18.8. The van der Waals surface area contributed by atoms with Crippen LogP contribution in [0.15, 0.2) is 100 Å². The Morgan fingerprint density at radius 3 is 2.00 bits per heavy atom. The molecule has 0 spiro atoms. The largest absolute Gasteiger partial charge is 0.508 e. The minimum atomic E-state index is -2.71. The summed E-state index contributed by atoms with van der Waals surface area (Å²) < 4.78 is 80.1. The van der Waals surface area contributed by atoms with Crippen LogP contribution in [0.2, 0.25) is 0 Å². The van der Waals surface area contributed by atoms with E-state index in [9.17, 15) is 37.5 Å². The molecule has 1 N–H and O–H groups in total. The van der Waals surface area contributed by atoms with E-state index >= 15 is 8.78 Å². The van der Waals surface area contributed by atoms with E-state index in [2.05, 4.69) is 10.2 Å². The maximum atomic E-state index is 15.4. The summed E-state index contributed by atoms with van der Waals surface area (Å²) in [4.78, 5) is 55.1. The highest BCUT2D eigenvalue weighted by molar-refractivity contribution is 6.58. The fourth-order valence-corrected chi connectivity index (χ4v) is 10.2. The number of phenolic OH excluding ortho intramolecular Hbond substituents is 1. The second-order valence-corrected chi connectivity index (χ2v) is 16.9. The van der Waals surface area contributed by atoms with Crippen molar-refractivity contribution in [1.82, 2.24) is 0 Å². The molecule has 11 nitrogen and oxygen atoms in total. The van der Waals surface area contributed by atoms with E-state index in [4.69, 9.17) is 27.9 Å². The summed E-state index contributed by atoms with van der Waals surface area (Å²) in [7, 11) is 3.81. The predicted octanol–water partition coefficient (Wildman–Crippen LogP) is 8.69. The van der Waals surface area contributed by atoms with Crippen LogP contribution in [0.3, 0.4) is 0 Å². The van der Waals surface area contributed by atoms with Crippen LogP contribution >= 0.6 is 23.2 Å². The van der Waals surface area contributed by atoms with Gasteiger partial charge in [-0.05, 0) is 91.1 Å². The Morgan fingerprint density at radius 1 is 0.770 bits per heavy atom. The number of hydrogen-bond donors (Lipinski definition) is 1. The minimum absolute atomic E-state index is 0.0513. The normalized spacial score (nSPS) is 26.8. The maximum absolute atomic E-state index is 15.4. The Labute approximate surface area is 353 Å². The zero-order chi connectivity index (χ0) is 43.4. The standard InChI is InChI=1S/C43H30Cl2F5N5O6/c1-53(2)23-7-3-21(4-8-23)51-52-22-5-9-24(10-6-22)54-38(57)27-13-12-26-28(30(27)39(54)58)17-42(44)40(59)55(37-35(49)33(47)32(46)34(48)36(37)50)41(60)43(42,45)31(26)20-15-19-16-25(56)11-14-29(19)61-18-20/h3-12,14,16,18,27-28,30-31,56H,13,15,17H2,1-2H3/t27-,28+,30-,31-,42+,43-/m0/s1. The molecular formula is C43H30Cl2F5N5O6. The SMILES string of the molecule is CN(C)c1ccc(N=Nc2ccc(N3C(=O)[C@H]4[C@H](CC=C5[C@H](C6=COc7ccc(O)cc7C6)[C@]6(Cl)C(=O)N(c7c(F)c(F)c(F)c(F)c7F)C(=O)[C@]6(Cl)C[C@H]54)C3=O)cc2)cc1. The van der Waals surface area contributed by atoms with Gasteiger partial charge in [-0.3, -0.25) is 24.1 Å². The molecule has 0 bridgehead atoms. The second kappa shape index (κ2) is 14.2. The summed E-state index contributed by atoms with van der Waals surface area (Å²) in [6.07, 6.45) is 2.01. The highest BCUT2D eigenvalue weighted by Crippen LogP contribution is 2.65. The van der Waals surface area contributed by atoms with Crippen LogP contribution in [0, 0.1) is 52.8 Å². The number of nitrogens with zero attached hydrogens (tertiary/aromatic N) is 5. The number of imide groups is 2. The van der Waals surface area contributed by atoms with Crippen molar-refractivity contribution >= 4 is 75.3 Å². The van der Waals surface area contributed by atoms with E-state index < -0.39 is 98.2 Å². The van der Waals surface area contributed by atoms with Gasteiger partial charge in [0.05, 0.1) is 35.2 Å². The lowest BCUT2D eigenvalue weighted by Gasteiger charge is -2.51. The van der Waals surface area contributed by atoms with Crippen molar-refractivity contribution in [3.05, 3.63) is 125 Å². The minimum Gasteiger partial charge on any atom is -0.508 e. The van der Waals surface area contributed by atoms with Gasteiger partial charge in [0.1, 0.15) is 17.2 Å². The van der Waals surface area contributed by atoms with Crippen LogP contribution in [0.5, 0.6) is 11.5 Å². The lowest BCUT2D eigenvalue weighted by molar-refractivity contribution is -0.125. The zero-order valence-electron chi connectivity index (χ0n) is 31.8. The highest BCUT2D eigenvalue weighted by Gasteiger charge is 2.77. The van der Waals surface area contributed by atoms with Gasteiger partial charge in [0.2, 0.25) is 17.6 Å². The molecule has 4 amide bonds. The molecule has 18 heteroatoms. The first-order chi connectivity index (χ1) is 29.0. The van der Waals surface area contributed by atoms with E-state index in [1.807, 2.05) is 31.1 Å². The monoisotopic (exact) mass is 877 g/mol. The molecule has 3 aliphatic heterocycles. The van der Waals surface area contributed by atoms with Crippen LogP contribution in [0.25, 0.3) is 0 Å². The Kier molecular flexibility index (Phi) is 9.40. The van der Waals surface area contributed by atoms with Gasteiger partial charge in [-0.1, -0.05) is 11.6 Å². The van der Waals surface area contributed by atoms with Crippen LogP contribution in [0.4, 0.5) is 50.4 Å². The third-order valence-electron chi connectivity index (χ3n) is 12.1. The molecule has 3 heterocycles. The molecule has 3 fully saturated rings. The topological polar surface area (TPSA) is 132 Å². The zero-order valence-corrected chi connectivity index (χ0v) is 33.3. The maximum Gasteiger partial charge on any atom is 0.258 e. The molecule has 312 valence electrons. The number of rotatable bonds is 6. The Bertz CT molecular complexity index is 2690. The average molecular weight is 879 g/mol. The lowest BCUT2D eigenvalue weighted by Crippen LogP contribution is -2.61. The molecule has 61 heavy (non-hydrogen) atoms. The number of carbonyl (C=O) groups excluding carboxylic acids is 4. The fourth-order valence-electron chi connectivity index (χ4n) is 9.23. The quantitative estimate of drug-likeness (QED) is 0.0390. The van der Waals surface area contributed by atoms with Crippen molar-refractivity contribution in [2.75, 3.05) is 28.8 Å². The summed E-state index contributed by atoms with van der Waals surface area (Å²) in [6, 6.07) is 17.7. The Morgan fingerprint density at radius 2 is 1.38 bits per heavy atom. The number of anilines is 3. The number of aromatic hydroxyl groups is 1. The Balaban J connectivity index is 1.10. The smallest absolute Gasteiger partial charge is 0.258 e. The molecular weight excluding hydrogens is 848 g/mol. The number of alkyl halides is 2. The van der Waals surface area contributed by atoms with Crippen molar-refractivity contribution < 1.29 is 51.0 Å². The van der Waals surface area contributed by atoms with Gasteiger partial charge in [0.15, 0.2) is 33.0 Å². The van der Waals surface area contributed by atoms with Gasteiger partial charge in [-0.15, -0.1) is 23.2 Å². The number of halogens is 7. The molecule has 0 radical (unpaired) electrons. The highest BCUT2D eigenvalue weighted by atomic mass is 35.5. The molecule has 0 aromatic heterocycles. The van der Waals surface area contributed by atoms with Gasteiger partial charge in [-0.25, -0.2) is 26.9 Å². The average Bonchev–Trinajstić information content (AvgIpc) is 3.59. The molecule has 1 saturated carbocycles. The van der Waals surface area contributed by atoms with Crippen molar-refractivity contribution in [2.24, 2.45) is 33.9 Å². The van der Waals surface area contributed by atoms with E-state index in [1.165, 1.54) is 36.6 Å². The predicted molar refractivity (Wildman–Crippen MR) is 212 cm³/mol. The first-order valence-corrected chi connectivity index (χ1v) is 19.6. The number of ether oxygens (including phenoxy) is 1. The van der Waals surface area contributed by atoms with Crippen LogP contribution in [0.1, 0.15) is 18.4 Å². The van der Waals surface area contributed by atoms with Crippen LogP contribution in [-0.2, 0) is 25.6 Å². The van der Waals surface area contributed by atoms with E-state index in [1.54, 1.807) is 30.3 Å². The van der Waals surface area contributed by atoms with Gasteiger partial charge >= 0.3 is 0 Å². The first kappa shape index (κ1) is 40.3. The number of carbonyl (C=O) groups is 4. The fraction of sp³-hybridized carbons (Fsp3) is 0.256. The molecule has 9 rings (SSSR count). The molecule has 6 atom stereocenters. The molecule has 4 aromatic rings. The van der Waals surface area contributed by atoms with Crippen LogP contribution in [-0.4, -0.2) is 52.6 Å². The number of azo groups is 1. The van der Waals surface area contributed by atoms with Gasteiger partial charge < -0.3 is 14.7 Å². The Hall–Kier alpha value is -6.13. The van der Waals surface area contributed by atoms with Gasteiger partial charge in [0, 0.05) is 37.7 Å². The molecule has 5 aliphatic rings. The number of phenols is 1. The van der Waals surface area contributed by atoms with Crippen LogP contribution < -0.4 is 19.4 Å². The third-order valence-corrected chi connectivity index (χ3v) is 13.5. The summed E-state index contributed by atoms with van der Waals surface area (Å²) in [6.45, 7) is 0. The summed E-state index contributed by atoms with van der Waals surface area (Å²) in [5.41, 5.74) is 1.13. The van der Waals surface area contributed by atoms with Crippen molar-refractivity contribution in [2.45, 2.75) is 29.0 Å². The van der Waals surface area contributed by atoms with E-state index in [0.29, 0.717) is 22.7 Å². The van der Waals surface area contributed by atoms with E-state index in [0.717, 1.165) is 10.6 Å². The number of fused-ring (bicyclic) bond motifs is 5. The molecule has 0 unspecified atom stereocenters. The summed E-state index contributed by atoms with van der Waals surface area (Å²) in [5, 5.41) is 18.8. The number of hydrogen-bond acceptors (Lipinski definition) is 9. The number of amides is 4.